The second-order valence-electron chi connectivity index (χ2n) is 14.4. The van der Waals surface area contributed by atoms with E-state index in [4.69, 9.17) is 14.3 Å². The molecule has 0 amide bonds. The predicted molar refractivity (Wildman–Crippen MR) is 224 cm³/mol. The molecular weight excluding hydrogens is 867 g/mol. The molecule has 332 valence electrons. The molecule has 1 unspecified atom stereocenters. The van der Waals surface area contributed by atoms with Gasteiger partial charge in [0, 0.05) is 61.5 Å². The normalized spacial score (nSPS) is 17.5. The number of benzene rings is 2. The molecule has 4 rings (SSSR count). The highest BCUT2D eigenvalue weighted by atomic mass is 32.2. The number of allylic oxidation sites excluding steroid dienone is 3. The van der Waals surface area contributed by atoms with Gasteiger partial charge < -0.3 is 19.2 Å². The topological polar surface area (TPSA) is 275 Å². The van der Waals surface area contributed by atoms with Crippen molar-refractivity contribution in [1.82, 2.24) is 9.30 Å². The molecule has 0 spiro atoms. The number of hydrogen-bond acceptors (Lipinski definition) is 12. The Kier molecular flexibility index (Phi) is 16.4. The van der Waals surface area contributed by atoms with Crippen LogP contribution in [0.1, 0.15) is 69.9 Å². The summed E-state index contributed by atoms with van der Waals surface area (Å²) in [5.74, 6) is -2.05. The van der Waals surface area contributed by atoms with E-state index in [0.29, 0.717) is 53.9 Å². The van der Waals surface area contributed by atoms with E-state index < -0.39 is 63.3 Å². The molecule has 2 aliphatic heterocycles. The molecule has 5 N–H and O–H groups in total. The largest absolute Gasteiger partial charge is 0.481 e. The summed E-state index contributed by atoms with van der Waals surface area (Å²) in [7, 11) is -16.1. The number of carboxylic acids is 1. The summed E-state index contributed by atoms with van der Waals surface area (Å²) in [5.41, 5.74) is 1.50. The van der Waals surface area contributed by atoms with Crippen LogP contribution < -0.4 is 19.6 Å². The first-order valence-electron chi connectivity index (χ1n) is 19.0. The molecule has 1 aromatic rings. The molecule has 1 aliphatic carbocycles. The van der Waals surface area contributed by atoms with Gasteiger partial charge in [-0.15, -0.1) is 0 Å². The minimum atomic E-state index is -4.64. The number of carboxylic acid groups (broad SMARTS) is 1. The molecule has 0 saturated heterocycles. The van der Waals surface area contributed by atoms with Crippen LogP contribution in [0.4, 0.5) is 5.69 Å². The minimum Gasteiger partial charge on any atom is -0.481 e. The molecule has 18 nitrogen and oxygen atoms in total. The van der Waals surface area contributed by atoms with E-state index in [9.17, 15) is 52.1 Å². The van der Waals surface area contributed by atoms with Crippen molar-refractivity contribution in [2.45, 2.75) is 74.0 Å². The van der Waals surface area contributed by atoms with Gasteiger partial charge in [-0.2, -0.15) is 25.3 Å². The van der Waals surface area contributed by atoms with Crippen LogP contribution in [0, 0.1) is 0 Å². The van der Waals surface area contributed by atoms with Crippen LogP contribution in [0.3, 0.4) is 0 Å². The van der Waals surface area contributed by atoms with Crippen LogP contribution >= 0.6 is 0 Å². The first-order chi connectivity index (χ1) is 28.0. The van der Waals surface area contributed by atoms with Crippen molar-refractivity contribution < 1.29 is 66.4 Å². The van der Waals surface area contributed by atoms with Gasteiger partial charge in [0.25, 0.3) is 40.4 Å². The molecule has 60 heavy (non-hydrogen) atoms. The smallest absolute Gasteiger partial charge is 0.303 e. The summed E-state index contributed by atoms with van der Waals surface area (Å²) in [5, 5.41) is 9.36. The standard InChI is InChI=1S/C38H51N3O15S4/c1-4-40(21-10-26-58(47,48)49)33-17-15-30-28(18-23-56-36(30)37(33)59(50,51)39-20-24-55-3)11-8-12-34-38(2,19-9-25-57(44,45)46)31-27-29(60(52,53)54)14-16-32(31)41(34)22-7-5-6-13-35(42)43/h8,11-12,14-18,23,27,39H,4-7,9-10,13,19-22,24-26H2,1-3H3,(H3-,42,43,44,45,46,47,48,49,52,53,54)/p+1. The molecule has 22 heteroatoms. The van der Waals surface area contributed by atoms with Gasteiger partial charge in [0.1, 0.15) is 13.1 Å². The Morgan fingerprint density at radius 3 is 2.27 bits per heavy atom. The van der Waals surface area contributed by atoms with Crippen LogP contribution in [0.2, 0.25) is 0 Å². The van der Waals surface area contributed by atoms with Crippen LogP contribution in [-0.2, 0) is 55.3 Å². The fourth-order valence-electron chi connectivity index (χ4n) is 7.32. The maximum absolute atomic E-state index is 13.9. The van der Waals surface area contributed by atoms with Crippen LogP contribution in [0.5, 0.6) is 0 Å². The Balaban J connectivity index is 1.89. The van der Waals surface area contributed by atoms with Gasteiger partial charge in [-0.05, 0) is 87.1 Å². The molecule has 0 radical (unpaired) electrons. The van der Waals surface area contributed by atoms with Gasteiger partial charge in [0.2, 0.25) is 5.36 Å². The lowest BCUT2D eigenvalue weighted by Gasteiger charge is -2.30. The van der Waals surface area contributed by atoms with Gasteiger partial charge in [0.05, 0.1) is 29.3 Å². The second-order valence-corrected chi connectivity index (χ2v) is 20.7. The van der Waals surface area contributed by atoms with E-state index >= 15 is 0 Å². The third-order valence-corrected chi connectivity index (χ3v) is 14.1. The van der Waals surface area contributed by atoms with Gasteiger partial charge in [-0.3, -0.25) is 18.5 Å². The monoisotopic (exact) mass is 918 g/mol. The van der Waals surface area contributed by atoms with Crippen LogP contribution in [-0.4, -0.2) is 110 Å². The average Bonchev–Trinajstić information content (AvgIpc) is 3.37. The molecule has 0 aromatic heterocycles. The number of rotatable bonds is 23. The Morgan fingerprint density at radius 1 is 0.933 bits per heavy atom. The Bertz CT molecular complexity index is 2590. The van der Waals surface area contributed by atoms with Gasteiger partial charge in [0.15, 0.2) is 10.7 Å². The zero-order valence-electron chi connectivity index (χ0n) is 33.5. The number of carbonyl (C=O) groups is 1. The molecule has 1 atom stereocenters. The predicted octanol–water partition coefficient (Wildman–Crippen LogP) is 3.61. The van der Waals surface area contributed by atoms with Crippen molar-refractivity contribution in [1.29, 1.82) is 0 Å². The number of unbranched alkanes of at least 4 members (excludes halogenated alkanes) is 2. The molecule has 0 bridgehead atoms. The van der Waals surface area contributed by atoms with E-state index in [2.05, 4.69) is 4.72 Å². The number of hydrogen-bond donors (Lipinski definition) is 5. The van der Waals surface area contributed by atoms with E-state index in [1.54, 1.807) is 54.9 Å². The third kappa shape index (κ3) is 12.8. The lowest BCUT2D eigenvalue weighted by atomic mass is 9.77. The van der Waals surface area contributed by atoms with Crippen molar-refractivity contribution in [3.63, 3.8) is 0 Å². The number of ether oxygens (including phenoxy) is 1. The maximum Gasteiger partial charge on any atom is 0.303 e. The highest BCUT2D eigenvalue weighted by molar-refractivity contribution is 7.89. The van der Waals surface area contributed by atoms with Crippen molar-refractivity contribution in [2.24, 2.45) is 0 Å². The quantitative estimate of drug-likeness (QED) is 0.0516. The van der Waals surface area contributed by atoms with Gasteiger partial charge in [-0.1, -0.05) is 18.6 Å². The lowest BCUT2D eigenvalue weighted by molar-refractivity contribution is -0.137. The second kappa shape index (κ2) is 20.2. The number of aliphatic carboxylic acids is 1. The zero-order valence-corrected chi connectivity index (χ0v) is 36.7. The summed E-state index contributed by atoms with van der Waals surface area (Å²) < 4.78 is 143. The number of nitrogens with one attached hydrogen (secondary N) is 1. The first-order valence-corrected chi connectivity index (χ1v) is 25.2. The maximum atomic E-state index is 13.9. The fourth-order valence-corrected chi connectivity index (χ4v) is 10.2. The highest BCUT2D eigenvalue weighted by Crippen LogP contribution is 2.51. The summed E-state index contributed by atoms with van der Waals surface area (Å²) in [6.45, 7) is 4.27. The molecular formula is C38H52N3O15S4+. The Morgan fingerprint density at radius 2 is 1.63 bits per heavy atom. The van der Waals surface area contributed by atoms with E-state index in [1.165, 1.54) is 31.6 Å². The van der Waals surface area contributed by atoms with Crippen molar-refractivity contribution in [3.05, 3.63) is 77.0 Å². The first kappa shape index (κ1) is 48.7. The zero-order chi connectivity index (χ0) is 44.5. The minimum absolute atomic E-state index is 0.00493. The fraction of sp³-hybridized carbons (Fsp3) is 0.474. The van der Waals surface area contributed by atoms with Gasteiger partial charge >= 0.3 is 5.97 Å². The summed E-state index contributed by atoms with van der Waals surface area (Å²) >= 11 is 0. The average molecular weight is 919 g/mol. The third-order valence-electron chi connectivity index (χ3n) is 10.1. The molecule has 0 fully saturated rings. The van der Waals surface area contributed by atoms with Crippen LogP contribution in [0.25, 0.3) is 17.4 Å². The molecule has 3 aliphatic rings. The summed E-state index contributed by atoms with van der Waals surface area (Å²) in [6, 6.07) is 8.97. The summed E-state index contributed by atoms with van der Waals surface area (Å²) in [4.78, 5) is 12.5. The van der Waals surface area contributed by atoms with Crippen LogP contribution in [0.15, 0.2) is 74.7 Å². The highest BCUT2D eigenvalue weighted by Gasteiger charge is 2.43. The lowest BCUT2D eigenvalue weighted by Crippen LogP contribution is -2.39. The molecule has 2 heterocycles. The Labute approximate surface area is 350 Å². The van der Waals surface area contributed by atoms with Crippen molar-refractivity contribution >= 4 is 58.1 Å². The Hall–Kier alpha value is -4.00. The van der Waals surface area contributed by atoms with Gasteiger partial charge in [-0.25, -0.2) is 17.7 Å². The number of anilines is 1. The van der Waals surface area contributed by atoms with Crippen molar-refractivity contribution in [2.75, 3.05) is 56.3 Å². The number of sulfonamides is 1. The SMILES string of the molecule is CC[N+](CCCS(=O)(=O)O)=c1ccc2c(/C=C/C=C3/N(CCCCCC(=O)O)c4ccc(S(=O)(=O)O)cc4C3(C)CCCS(=O)(=O)O)ccoc-2c1S(=O)(=O)NCCOC. The van der Waals surface area contributed by atoms with E-state index in [1.807, 2.05) is 4.90 Å². The number of nitrogens with zero attached hydrogens (tertiary/aromatic N) is 2. The number of fused-ring (bicyclic) bond motifs is 2. The van der Waals surface area contributed by atoms with Crippen molar-refractivity contribution in [3.8, 4) is 11.3 Å². The molecule has 1 aromatic carbocycles. The summed E-state index contributed by atoms with van der Waals surface area (Å²) in [6.07, 6.45) is 8.01. The number of methoxy groups -OCH3 is 1. The van der Waals surface area contributed by atoms with E-state index in [0.717, 1.165) is 0 Å². The molecule has 0 saturated carbocycles. The van der Waals surface area contributed by atoms with E-state index in [-0.39, 0.29) is 72.8 Å².